The van der Waals surface area contributed by atoms with Gasteiger partial charge in [0.25, 0.3) is 0 Å². The molecule has 1 fully saturated rings. The molecule has 0 bridgehead atoms. The Kier molecular flexibility index (Phi) is 3.69. The maximum atomic E-state index is 5.94. The van der Waals surface area contributed by atoms with Gasteiger partial charge in [0.15, 0.2) is 0 Å². The summed E-state index contributed by atoms with van der Waals surface area (Å²) in [7, 11) is 0. The van der Waals surface area contributed by atoms with Gasteiger partial charge in [-0.2, -0.15) is 0 Å². The third kappa shape index (κ3) is 2.47. The summed E-state index contributed by atoms with van der Waals surface area (Å²) < 4.78 is 0. The third-order valence-corrected chi connectivity index (χ3v) is 5.03. The number of aryl methyl sites for hydroxylation is 2. The summed E-state index contributed by atoms with van der Waals surface area (Å²) in [6.45, 7) is 0.885. The van der Waals surface area contributed by atoms with Crippen molar-refractivity contribution in [2.75, 3.05) is 6.54 Å². The van der Waals surface area contributed by atoms with Crippen LogP contribution in [0.3, 0.4) is 0 Å². The van der Waals surface area contributed by atoms with Crippen molar-refractivity contribution in [2.24, 2.45) is 17.6 Å². The van der Waals surface area contributed by atoms with E-state index in [1.54, 1.807) is 16.7 Å². The lowest BCUT2D eigenvalue weighted by molar-refractivity contribution is 0.242. The van der Waals surface area contributed by atoms with Crippen LogP contribution in [0, 0.1) is 11.8 Å². The summed E-state index contributed by atoms with van der Waals surface area (Å²) in [6, 6.07) is 7.22. The molecule has 18 heavy (non-hydrogen) atoms. The maximum Gasteiger partial charge on any atom is -0.00461 e. The van der Waals surface area contributed by atoms with E-state index in [0.717, 1.165) is 18.4 Å². The summed E-state index contributed by atoms with van der Waals surface area (Å²) >= 11 is 0. The van der Waals surface area contributed by atoms with Gasteiger partial charge in [0.2, 0.25) is 0 Å². The van der Waals surface area contributed by atoms with Gasteiger partial charge in [0.05, 0.1) is 0 Å². The van der Waals surface area contributed by atoms with Crippen LogP contribution in [0.2, 0.25) is 0 Å². The molecule has 0 saturated heterocycles. The molecule has 2 aliphatic rings. The van der Waals surface area contributed by atoms with Crippen LogP contribution in [0.4, 0.5) is 0 Å². The lowest BCUT2D eigenvalue weighted by atomic mass is 9.76. The minimum absolute atomic E-state index is 0.770. The molecule has 1 nitrogen and oxygen atoms in total. The molecule has 98 valence electrons. The molecule has 1 aromatic rings. The second-order valence-electron chi connectivity index (χ2n) is 6.20. The molecule has 0 aromatic heterocycles. The van der Waals surface area contributed by atoms with Crippen LogP contribution in [0.15, 0.2) is 18.2 Å². The minimum Gasteiger partial charge on any atom is -0.330 e. The molecule has 1 heteroatoms. The van der Waals surface area contributed by atoms with Gasteiger partial charge >= 0.3 is 0 Å². The normalized spacial score (nSPS) is 27.2. The number of fused-ring (bicyclic) bond motifs is 1. The first-order valence-electron chi connectivity index (χ1n) is 7.67. The van der Waals surface area contributed by atoms with Crippen molar-refractivity contribution in [1.29, 1.82) is 0 Å². The number of nitrogens with two attached hydrogens (primary N) is 1. The van der Waals surface area contributed by atoms with Crippen molar-refractivity contribution in [3.8, 4) is 0 Å². The first-order chi connectivity index (χ1) is 8.86. The van der Waals surface area contributed by atoms with Gasteiger partial charge in [-0.05, 0) is 73.6 Å². The highest BCUT2D eigenvalue weighted by Crippen LogP contribution is 2.33. The number of hydrogen-bond donors (Lipinski definition) is 1. The van der Waals surface area contributed by atoms with E-state index in [4.69, 9.17) is 5.73 Å². The van der Waals surface area contributed by atoms with Crippen LogP contribution in [0.5, 0.6) is 0 Å². The van der Waals surface area contributed by atoms with E-state index < -0.39 is 0 Å². The summed E-state index contributed by atoms with van der Waals surface area (Å²) in [5.74, 6) is 1.61. The van der Waals surface area contributed by atoms with Gasteiger partial charge in [0, 0.05) is 0 Å². The molecule has 0 aliphatic heterocycles. The Bertz CT molecular complexity index is 410. The number of rotatable bonds is 3. The van der Waals surface area contributed by atoms with Gasteiger partial charge in [-0.3, -0.25) is 0 Å². The predicted octanol–water partition coefficient (Wildman–Crippen LogP) is 3.48. The highest BCUT2D eigenvalue weighted by Gasteiger charge is 2.24. The van der Waals surface area contributed by atoms with Crippen LogP contribution < -0.4 is 5.73 Å². The zero-order valence-electron chi connectivity index (χ0n) is 11.3. The van der Waals surface area contributed by atoms with Crippen LogP contribution in [0.1, 0.15) is 48.8 Å². The van der Waals surface area contributed by atoms with Crippen LogP contribution >= 0.6 is 0 Å². The lowest BCUT2D eigenvalue weighted by Gasteiger charge is -2.30. The van der Waals surface area contributed by atoms with Crippen LogP contribution in [0.25, 0.3) is 0 Å². The zero-order chi connectivity index (χ0) is 12.4. The van der Waals surface area contributed by atoms with Gasteiger partial charge in [-0.15, -0.1) is 0 Å². The van der Waals surface area contributed by atoms with E-state index in [-0.39, 0.29) is 0 Å². The van der Waals surface area contributed by atoms with Gasteiger partial charge in [0.1, 0.15) is 0 Å². The molecule has 0 heterocycles. The number of benzene rings is 1. The van der Waals surface area contributed by atoms with Crippen LogP contribution in [-0.2, 0) is 19.3 Å². The SMILES string of the molecule is NCC1CCCCC1Cc1ccc2c(c1)CCC2. The largest absolute Gasteiger partial charge is 0.330 e. The fourth-order valence-corrected chi connectivity index (χ4v) is 3.92. The van der Waals surface area contributed by atoms with Gasteiger partial charge < -0.3 is 5.73 Å². The van der Waals surface area contributed by atoms with Crippen molar-refractivity contribution < 1.29 is 0 Å². The fourth-order valence-electron chi connectivity index (χ4n) is 3.92. The molecular weight excluding hydrogens is 218 g/mol. The molecule has 3 rings (SSSR count). The Morgan fingerprint density at radius 3 is 2.56 bits per heavy atom. The average Bonchev–Trinajstić information content (AvgIpc) is 2.87. The van der Waals surface area contributed by atoms with E-state index in [1.165, 1.54) is 51.4 Å². The Balaban J connectivity index is 1.71. The smallest absolute Gasteiger partial charge is 0.00461 e. The summed E-state index contributed by atoms with van der Waals surface area (Å²) in [4.78, 5) is 0. The van der Waals surface area contributed by atoms with Crippen molar-refractivity contribution in [3.05, 3.63) is 34.9 Å². The monoisotopic (exact) mass is 243 g/mol. The Morgan fingerprint density at radius 1 is 0.944 bits per heavy atom. The van der Waals surface area contributed by atoms with Gasteiger partial charge in [-0.1, -0.05) is 31.0 Å². The van der Waals surface area contributed by atoms with Crippen molar-refractivity contribution in [3.63, 3.8) is 0 Å². The second kappa shape index (κ2) is 5.44. The first kappa shape index (κ1) is 12.2. The Hall–Kier alpha value is -0.820. The van der Waals surface area contributed by atoms with E-state index in [0.29, 0.717) is 0 Å². The van der Waals surface area contributed by atoms with Crippen molar-refractivity contribution in [1.82, 2.24) is 0 Å². The molecular formula is C17H25N. The van der Waals surface area contributed by atoms with Crippen LogP contribution in [-0.4, -0.2) is 6.54 Å². The molecule has 1 saturated carbocycles. The third-order valence-electron chi connectivity index (χ3n) is 5.03. The lowest BCUT2D eigenvalue weighted by Crippen LogP contribution is -2.28. The maximum absolute atomic E-state index is 5.94. The second-order valence-corrected chi connectivity index (χ2v) is 6.20. The Morgan fingerprint density at radius 2 is 1.72 bits per heavy atom. The highest BCUT2D eigenvalue weighted by atomic mass is 14.6. The molecule has 2 unspecified atom stereocenters. The molecule has 2 aliphatic carbocycles. The average molecular weight is 243 g/mol. The van der Waals surface area contributed by atoms with Crippen molar-refractivity contribution in [2.45, 2.75) is 51.4 Å². The standard InChI is InChI=1S/C17H25N/c18-12-17-5-2-1-4-16(17)11-13-8-9-14-6-3-7-15(14)10-13/h8-10,16-17H,1-7,11-12,18H2. The Labute approximate surface area is 111 Å². The molecule has 1 aromatic carbocycles. The highest BCUT2D eigenvalue weighted by molar-refractivity contribution is 5.35. The molecule has 2 atom stereocenters. The fraction of sp³-hybridized carbons (Fsp3) is 0.647. The summed E-state index contributed by atoms with van der Waals surface area (Å²) in [6.07, 6.45) is 10.8. The summed E-state index contributed by atoms with van der Waals surface area (Å²) in [5, 5.41) is 0. The quantitative estimate of drug-likeness (QED) is 0.864. The van der Waals surface area contributed by atoms with E-state index in [2.05, 4.69) is 18.2 Å². The van der Waals surface area contributed by atoms with Crippen molar-refractivity contribution >= 4 is 0 Å². The molecule has 0 radical (unpaired) electrons. The zero-order valence-corrected chi connectivity index (χ0v) is 11.3. The van der Waals surface area contributed by atoms with E-state index in [1.807, 2.05) is 0 Å². The van der Waals surface area contributed by atoms with Gasteiger partial charge in [-0.25, -0.2) is 0 Å². The summed E-state index contributed by atoms with van der Waals surface area (Å²) in [5.41, 5.74) is 10.7. The predicted molar refractivity (Wildman–Crippen MR) is 76.7 cm³/mol. The van der Waals surface area contributed by atoms with E-state index in [9.17, 15) is 0 Å². The molecule has 0 amide bonds. The first-order valence-corrected chi connectivity index (χ1v) is 7.67. The topological polar surface area (TPSA) is 26.0 Å². The number of hydrogen-bond acceptors (Lipinski definition) is 1. The van der Waals surface area contributed by atoms with E-state index >= 15 is 0 Å². The minimum atomic E-state index is 0.770. The molecule has 0 spiro atoms. The molecule has 2 N–H and O–H groups in total.